The highest BCUT2D eigenvalue weighted by atomic mass is 79.9. The molecule has 0 fully saturated rings. The molecule has 0 saturated carbocycles. The quantitative estimate of drug-likeness (QED) is 0.804. The number of carbonyl (C=O) groups is 1. The van der Waals surface area contributed by atoms with Gasteiger partial charge in [0.05, 0.1) is 10.7 Å². The molecule has 0 bridgehead atoms. The number of halogens is 3. The van der Waals surface area contributed by atoms with Crippen molar-refractivity contribution in [3.05, 3.63) is 51.8 Å². The Balaban J connectivity index is 2.43. The fraction of sp³-hybridized carbons (Fsp3) is 0.231. The molecule has 0 atom stereocenters. The second-order valence-corrected chi connectivity index (χ2v) is 4.88. The van der Waals surface area contributed by atoms with E-state index in [9.17, 15) is 13.6 Å². The first kappa shape index (κ1) is 13.9. The second kappa shape index (κ2) is 5.61. The van der Waals surface area contributed by atoms with E-state index in [1.54, 1.807) is 4.68 Å². The Hall–Kier alpha value is -1.56. The van der Waals surface area contributed by atoms with E-state index in [2.05, 4.69) is 21.0 Å². The van der Waals surface area contributed by atoms with E-state index in [4.69, 9.17) is 0 Å². The van der Waals surface area contributed by atoms with Gasteiger partial charge in [-0.15, -0.1) is 0 Å². The summed E-state index contributed by atoms with van der Waals surface area (Å²) in [5, 5.41) is 4.07. The topological polar surface area (TPSA) is 34.9 Å². The molecule has 6 heteroatoms. The molecule has 3 nitrogen and oxygen atoms in total. The summed E-state index contributed by atoms with van der Waals surface area (Å²) in [5.74, 6) is -2.40. The number of hydrogen-bond donors (Lipinski definition) is 0. The number of benzene rings is 1. The molecule has 2 aromatic rings. The summed E-state index contributed by atoms with van der Waals surface area (Å²) < 4.78 is 28.1. The SMILES string of the molecule is CCCn1ncc(Br)c1C(=O)c1ccc(F)c(F)c1. The van der Waals surface area contributed by atoms with Gasteiger partial charge < -0.3 is 0 Å². The van der Waals surface area contributed by atoms with Crippen LogP contribution in [0.1, 0.15) is 29.4 Å². The third-order valence-corrected chi connectivity index (χ3v) is 3.21. The molecule has 0 saturated heterocycles. The monoisotopic (exact) mass is 328 g/mol. The summed E-state index contributed by atoms with van der Waals surface area (Å²) in [6, 6.07) is 3.10. The van der Waals surface area contributed by atoms with Crippen molar-refractivity contribution >= 4 is 21.7 Å². The van der Waals surface area contributed by atoms with Crippen LogP contribution in [-0.2, 0) is 6.54 Å². The van der Waals surface area contributed by atoms with E-state index in [0.717, 1.165) is 18.6 Å². The molecule has 1 aromatic heterocycles. The highest BCUT2D eigenvalue weighted by Gasteiger charge is 2.19. The average Bonchev–Trinajstić information content (AvgIpc) is 2.74. The average molecular weight is 329 g/mol. The van der Waals surface area contributed by atoms with E-state index < -0.39 is 17.4 Å². The van der Waals surface area contributed by atoms with Crippen molar-refractivity contribution in [3.8, 4) is 0 Å². The van der Waals surface area contributed by atoms with E-state index in [1.807, 2.05) is 6.92 Å². The first-order chi connectivity index (χ1) is 9.04. The molecule has 0 N–H and O–H groups in total. The lowest BCUT2D eigenvalue weighted by Crippen LogP contribution is -2.12. The fourth-order valence-electron chi connectivity index (χ4n) is 1.74. The first-order valence-corrected chi connectivity index (χ1v) is 6.55. The lowest BCUT2D eigenvalue weighted by Gasteiger charge is -2.06. The van der Waals surface area contributed by atoms with Crippen LogP contribution in [0.4, 0.5) is 8.78 Å². The molecule has 0 amide bonds. The normalized spacial score (nSPS) is 10.7. The van der Waals surface area contributed by atoms with Crippen LogP contribution >= 0.6 is 15.9 Å². The maximum absolute atomic E-state index is 13.2. The number of aryl methyl sites for hydroxylation is 1. The van der Waals surface area contributed by atoms with Crippen LogP contribution in [-0.4, -0.2) is 15.6 Å². The van der Waals surface area contributed by atoms with E-state index in [0.29, 0.717) is 16.7 Å². The number of nitrogens with zero attached hydrogens (tertiary/aromatic N) is 2. The minimum atomic E-state index is -1.04. The Kier molecular flexibility index (Phi) is 4.09. The van der Waals surface area contributed by atoms with Crippen LogP contribution in [0, 0.1) is 11.6 Å². The molecule has 0 aliphatic carbocycles. The van der Waals surface area contributed by atoms with Gasteiger partial charge in [-0.1, -0.05) is 6.92 Å². The zero-order valence-corrected chi connectivity index (χ0v) is 11.7. The van der Waals surface area contributed by atoms with Crippen molar-refractivity contribution < 1.29 is 13.6 Å². The maximum Gasteiger partial charge on any atom is 0.212 e. The fourth-order valence-corrected chi connectivity index (χ4v) is 2.22. The van der Waals surface area contributed by atoms with Gasteiger partial charge in [-0.3, -0.25) is 9.48 Å². The third kappa shape index (κ3) is 2.73. The zero-order chi connectivity index (χ0) is 14.0. The molecule has 0 aliphatic rings. The van der Waals surface area contributed by atoms with E-state index in [1.165, 1.54) is 12.3 Å². The summed E-state index contributed by atoms with van der Waals surface area (Å²) in [6.07, 6.45) is 2.33. The Bertz CT molecular complexity index is 625. The molecular formula is C13H11BrF2N2O. The molecule has 0 spiro atoms. The minimum absolute atomic E-state index is 0.0949. The van der Waals surface area contributed by atoms with Crippen molar-refractivity contribution in [2.45, 2.75) is 19.9 Å². The minimum Gasteiger partial charge on any atom is -0.287 e. The summed E-state index contributed by atoms with van der Waals surface area (Å²) in [6.45, 7) is 2.54. The number of carbonyl (C=O) groups excluding carboxylic acids is 1. The van der Waals surface area contributed by atoms with Crippen LogP contribution < -0.4 is 0 Å². The number of aromatic nitrogens is 2. The lowest BCUT2D eigenvalue weighted by atomic mass is 10.1. The van der Waals surface area contributed by atoms with Gasteiger partial charge >= 0.3 is 0 Å². The Morgan fingerprint density at radius 2 is 2.11 bits per heavy atom. The standard InChI is InChI=1S/C13H11BrF2N2O/c1-2-5-18-12(9(14)7-17-18)13(19)8-3-4-10(15)11(16)6-8/h3-4,6-7H,2,5H2,1H3. The van der Waals surface area contributed by atoms with Crippen molar-refractivity contribution in [2.75, 3.05) is 0 Å². The first-order valence-electron chi connectivity index (χ1n) is 5.75. The summed E-state index contributed by atoms with van der Waals surface area (Å²) in [7, 11) is 0. The van der Waals surface area contributed by atoms with Crippen LogP contribution in [0.2, 0.25) is 0 Å². The molecule has 0 radical (unpaired) electrons. The Morgan fingerprint density at radius 3 is 2.74 bits per heavy atom. The third-order valence-electron chi connectivity index (χ3n) is 2.63. The van der Waals surface area contributed by atoms with Crippen LogP contribution in [0.5, 0.6) is 0 Å². The second-order valence-electron chi connectivity index (χ2n) is 4.02. The Labute approximate surface area is 117 Å². The van der Waals surface area contributed by atoms with E-state index >= 15 is 0 Å². The van der Waals surface area contributed by atoms with Crippen LogP contribution in [0.15, 0.2) is 28.9 Å². The number of rotatable bonds is 4. The lowest BCUT2D eigenvalue weighted by molar-refractivity contribution is 0.102. The van der Waals surface area contributed by atoms with Crippen molar-refractivity contribution in [1.29, 1.82) is 0 Å². The largest absolute Gasteiger partial charge is 0.287 e. The predicted molar refractivity (Wildman–Crippen MR) is 70.0 cm³/mol. The molecular weight excluding hydrogens is 318 g/mol. The molecule has 2 rings (SSSR count). The van der Waals surface area contributed by atoms with Crippen molar-refractivity contribution in [1.82, 2.24) is 9.78 Å². The zero-order valence-electron chi connectivity index (χ0n) is 10.2. The van der Waals surface area contributed by atoms with Gasteiger partial charge in [0.1, 0.15) is 5.69 Å². The van der Waals surface area contributed by atoms with E-state index in [-0.39, 0.29) is 5.56 Å². The van der Waals surface area contributed by atoms with Gasteiger partial charge in [-0.05, 0) is 40.5 Å². The Morgan fingerprint density at radius 1 is 1.37 bits per heavy atom. The molecule has 1 heterocycles. The van der Waals surface area contributed by atoms with Gasteiger partial charge in [0.2, 0.25) is 5.78 Å². The van der Waals surface area contributed by atoms with Crippen molar-refractivity contribution in [2.24, 2.45) is 0 Å². The van der Waals surface area contributed by atoms with Gasteiger partial charge in [-0.25, -0.2) is 8.78 Å². The molecule has 0 unspecified atom stereocenters. The molecule has 0 aliphatic heterocycles. The van der Waals surface area contributed by atoms with Gasteiger partial charge in [0.15, 0.2) is 11.6 Å². The van der Waals surface area contributed by atoms with Gasteiger partial charge in [0.25, 0.3) is 0 Å². The molecule has 1 aromatic carbocycles. The molecule has 19 heavy (non-hydrogen) atoms. The van der Waals surface area contributed by atoms with Crippen molar-refractivity contribution in [3.63, 3.8) is 0 Å². The number of hydrogen-bond acceptors (Lipinski definition) is 2. The van der Waals surface area contributed by atoms with Gasteiger partial charge in [0, 0.05) is 12.1 Å². The predicted octanol–water partition coefficient (Wildman–Crippen LogP) is 3.56. The van der Waals surface area contributed by atoms with Crippen LogP contribution in [0.3, 0.4) is 0 Å². The summed E-state index contributed by atoms with van der Waals surface area (Å²) in [5.41, 5.74) is 0.435. The van der Waals surface area contributed by atoms with Gasteiger partial charge in [-0.2, -0.15) is 5.10 Å². The highest BCUT2D eigenvalue weighted by Crippen LogP contribution is 2.21. The maximum atomic E-state index is 13.2. The highest BCUT2D eigenvalue weighted by molar-refractivity contribution is 9.10. The summed E-state index contributed by atoms with van der Waals surface area (Å²) in [4.78, 5) is 12.3. The molecule has 100 valence electrons. The smallest absolute Gasteiger partial charge is 0.212 e. The number of ketones is 1. The summed E-state index contributed by atoms with van der Waals surface area (Å²) >= 11 is 3.25. The van der Waals surface area contributed by atoms with Crippen LogP contribution in [0.25, 0.3) is 0 Å².